The number of aromatic nitrogens is 1. The van der Waals surface area contributed by atoms with E-state index in [1.54, 1.807) is 0 Å². The fraction of sp³-hybridized carbons (Fsp3) is 0.471. The first-order valence-electron chi connectivity index (χ1n) is 7.52. The third kappa shape index (κ3) is 2.72. The Kier molecular flexibility index (Phi) is 3.51. The molecule has 0 unspecified atom stereocenters. The minimum absolute atomic E-state index is 0.0263. The van der Waals surface area contributed by atoms with Crippen LogP contribution in [0.5, 0.6) is 0 Å². The lowest BCUT2D eigenvalue weighted by Crippen LogP contribution is -2.37. The molecule has 1 aromatic carbocycles. The van der Waals surface area contributed by atoms with E-state index >= 15 is 0 Å². The molecule has 20 heavy (non-hydrogen) atoms. The van der Waals surface area contributed by atoms with Crippen LogP contribution in [0.15, 0.2) is 24.3 Å². The first-order chi connectivity index (χ1) is 9.61. The van der Waals surface area contributed by atoms with Crippen molar-refractivity contribution in [3.8, 4) is 0 Å². The van der Waals surface area contributed by atoms with Crippen molar-refractivity contribution < 1.29 is 4.79 Å². The molecule has 1 amide bonds. The number of amides is 1. The van der Waals surface area contributed by atoms with Crippen molar-refractivity contribution >= 4 is 16.8 Å². The Hall–Kier alpha value is -1.77. The topological polar surface area (TPSA) is 44.9 Å². The molecule has 2 N–H and O–H groups in total. The number of aromatic amines is 1. The maximum Gasteiger partial charge on any atom is 0.267 e. The van der Waals surface area contributed by atoms with Gasteiger partial charge in [0.2, 0.25) is 0 Å². The second-order valence-electron chi connectivity index (χ2n) is 6.20. The molecule has 3 nitrogen and oxygen atoms in total. The summed E-state index contributed by atoms with van der Waals surface area (Å²) in [7, 11) is 0. The maximum atomic E-state index is 12.3. The predicted octanol–water partition coefficient (Wildman–Crippen LogP) is 3.78. The van der Waals surface area contributed by atoms with Gasteiger partial charge in [0.1, 0.15) is 5.69 Å². The van der Waals surface area contributed by atoms with Crippen LogP contribution >= 0.6 is 0 Å². The first kappa shape index (κ1) is 13.2. The summed E-state index contributed by atoms with van der Waals surface area (Å²) in [5.41, 5.74) is 2.91. The molecule has 2 aromatic rings. The van der Waals surface area contributed by atoms with Crippen molar-refractivity contribution in [2.24, 2.45) is 5.92 Å². The Morgan fingerprint density at radius 1 is 1.20 bits per heavy atom. The summed E-state index contributed by atoms with van der Waals surface area (Å²) in [4.78, 5) is 15.5. The molecule has 1 aromatic heterocycles. The van der Waals surface area contributed by atoms with Gasteiger partial charge < -0.3 is 10.3 Å². The van der Waals surface area contributed by atoms with E-state index in [0.29, 0.717) is 11.7 Å². The monoisotopic (exact) mass is 270 g/mol. The average Bonchev–Trinajstić information content (AvgIpc) is 2.84. The van der Waals surface area contributed by atoms with Gasteiger partial charge in [-0.05, 0) is 56.7 Å². The lowest BCUT2D eigenvalue weighted by atomic mass is 9.87. The van der Waals surface area contributed by atoms with Crippen LogP contribution < -0.4 is 5.32 Å². The van der Waals surface area contributed by atoms with Crippen LogP contribution in [0.1, 0.15) is 48.7 Å². The lowest BCUT2D eigenvalue weighted by molar-refractivity contribution is 0.0919. The van der Waals surface area contributed by atoms with Gasteiger partial charge in [-0.1, -0.05) is 18.6 Å². The van der Waals surface area contributed by atoms with Gasteiger partial charge in [0.15, 0.2) is 0 Å². The average molecular weight is 270 g/mol. The van der Waals surface area contributed by atoms with Crippen LogP contribution in [-0.2, 0) is 0 Å². The minimum Gasteiger partial charge on any atom is -0.351 e. The van der Waals surface area contributed by atoms with Gasteiger partial charge in [-0.3, -0.25) is 4.79 Å². The van der Waals surface area contributed by atoms with Crippen molar-refractivity contribution in [3.63, 3.8) is 0 Å². The Labute approximate surface area is 119 Å². The van der Waals surface area contributed by atoms with E-state index in [-0.39, 0.29) is 5.91 Å². The summed E-state index contributed by atoms with van der Waals surface area (Å²) in [6.07, 6.45) is 4.65. The van der Waals surface area contributed by atoms with Gasteiger partial charge in [0, 0.05) is 16.9 Å². The largest absolute Gasteiger partial charge is 0.351 e. The van der Waals surface area contributed by atoms with Gasteiger partial charge >= 0.3 is 0 Å². The van der Waals surface area contributed by atoms with Crippen molar-refractivity contribution in [2.75, 3.05) is 0 Å². The van der Waals surface area contributed by atoms with E-state index in [1.807, 2.05) is 12.1 Å². The highest BCUT2D eigenvalue weighted by atomic mass is 16.1. The highest BCUT2D eigenvalue weighted by Crippen LogP contribution is 2.24. The quantitative estimate of drug-likeness (QED) is 0.857. The standard InChI is InChI=1S/C17H22N2O/c1-11-3-6-14(7-4-11)18-17(20)16-10-13-9-12(2)5-8-15(13)19-16/h5,8-11,14,19H,3-4,6-7H2,1-2H3,(H,18,20). The van der Waals surface area contributed by atoms with Crippen molar-refractivity contribution in [1.29, 1.82) is 0 Å². The van der Waals surface area contributed by atoms with Crippen LogP contribution in [0, 0.1) is 12.8 Å². The minimum atomic E-state index is 0.0263. The Morgan fingerprint density at radius 2 is 1.95 bits per heavy atom. The van der Waals surface area contributed by atoms with E-state index in [4.69, 9.17) is 0 Å². The summed E-state index contributed by atoms with van der Waals surface area (Å²) < 4.78 is 0. The fourth-order valence-corrected chi connectivity index (χ4v) is 3.04. The number of aryl methyl sites for hydroxylation is 1. The smallest absolute Gasteiger partial charge is 0.267 e. The van der Waals surface area contributed by atoms with Crippen LogP contribution in [-0.4, -0.2) is 16.9 Å². The predicted molar refractivity (Wildman–Crippen MR) is 81.9 cm³/mol. The molecule has 0 bridgehead atoms. The van der Waals surface area contributed by atoms with Crippen LogP contribution in [0.2, 0.25) is 0 Å². The second-order valence-corrected chi connectivity index (χ2v) is 6.20. The molecule has 0 atom stereocenters. The summed E-state index contributed by atoms with van der Waals surface area (Å²) in [5.74, 6) is 0.831. The number of carbonyl (C=O) groups is 1. The first-order valence-corrected chi connectivity index (χ1v) is 7.52. The zero-order chi connectivity index (χ0) is 14.1. The second kappa shape index (κ2) is 5.31. The number of benzene rings is 1. The third-order valence-corrected chi connectivity index (χ3v) is 4.37. The zero-order valence-corrected chi connectivity index (χ0v) is 12.2. The number of rotatable bonds is 2. The zero-order valence-electron chi connectivity index (χ0n) is 12.2. The fourth-order valence-electron chi connectivity index (χ4n) is 3.04. The summed E-state index contributed by atoms with van der Waals surface area (Å²) >= 11 is 0. The molecule has 0 aliphatic heterocycles. The van der Waals surface area contributed by atoms with Crippen LogP contribution in [0.3, 0.4) is 0 Å². The SMILES string of the molecule is Cc1ccc2[nH]c(C(=O)NC3CCC(C)CC3)cc2c1. The summed E-state index contributed by atoms with van der Waals surface area (Å²) in [6.45, 7) is 4.35. The van der Waals surface area contributed by atoms with Crippen LogP contribution in [0.25, 0.3) is 10.9 Å². The van der Waals surface area contributed by atoms with E-state index in [9.17, 15) is 4.79 Å². The van der Waals surface area contributed by atoms with Crippen molar-refractivity contribution in [2.45, 2.75) is 45.6 Å². The van der Waals surface area contributed by atoms with E-state index < -0.39 is 0 Å². The highest BCUT2D eigenvalue weighted by Gasteiger charge is 2.20. The molecule has 0 radical (unpaired) electrons. The van der Waals surface area contributed by atoms with Gasteiger partial charge in [-0.25, -0.2) is 0 Å². The molecule has 1 saturated carbocycles. The van der Waals surface area contributed by atoms with Crippen molar-refractivity contribution in [1.82, 2.24) is 10.3 Å². The number of hydrogen-bond acceptors (Lipinski definition) is 1. The number of fused-ring (bicyclic) bond motifs is 1. The maximum absolute atomic E-state index is 12.3. The lowest BCUT2D eigenvalue weighted by Gasteiger charge is -2.26. The Bertz CT molecular complexity index is 621. The molecule has 3 heteroatoms. The molecular formula is C17H22N2O. The number of nitrogens with one attached hydrogen (secondary N) is 2. The molecule has 0 spiro atoms. The summed E-state index contributed by atoms with van der Waals surface area (Å²) in [6, 6.07) is 8.48. The van der Waals surface area contributed by atoms with E-state index in [0.717, 1.165) is 29.7 Å². The Balaban J connectivity index is 1.72. The molecule has 1 heterocycles. The molecule has 1 aliphatic rings. The molecule has 3 rings (SSSR count). The number of carbonyl (C=O) groups excluding carboxylic acids is 1. The Morgan fingerprint density at radius 3 is 2.70 bits per heavy atom. The van der Waals surface area contributed by atoms with Gasteiger partial charge in [0.05, 0.1) is 0 Å². The molecule has 1 fully saturated rings. The van der Waals surface area contributed by atoms with Crippen LogP contribution in [0.4, 0.5) is 0 Å². The molecule has 106 valence electrons. The van der Waals surface area contributed by atoms with Gasteiger partial charge in [-0.15, -0.1) is 0 Å². The molecular weight excluding hydrogens is 248 g/mol. The third-order valence-electron chi connectivity index (χ3n) is 4.37. The van der Waals surface area contributed by atoms with E-state index in [1.165, 1.54) is 18.4 Å². The number of hydrogen-bond donors (Lipinski definition) is 2. The van der Waals surface area contributed by atoms with Gasteiger partial charge in [0.25, 0.3) is 5.91 Å². The van der Waals surface area contributed by atoms with Gasteiger partial charge in [-0.2, -0.15) is 0 Å². The summed E-state index contributed by atoms with van der Waals surface area (Å²) in [5, 5.41) is 4.27. The normalized spacial score (nSPS) is 22.9. The molecule has 1 aliphatic carbocycles. The van der Waals surface area contributed by atoms with Crippen molar-refractivity contribution in [3.05, 3.63) is 35.5 Å². The number of H-pyrrole nitrogens is 1. The van der Waals surface area contributed by atoms with E-state index in [2.05, 4.69) is 36.3 Å². The molecule has 0 saturated heterocycles. The highest BCUT2D eigenvalue weighted by molar-refractivity contribution is 5.98.